The van der Waals surface area contributed by atoms with Gasteiger partial charge in [0.05, 0.1) is 23.6 Å². The van der Waals surface area contributed by atoms with Crippen molar-refractivity contribution in [3.8, 4) is 28.3 Å². The number of halogens is 1. The van der Waals surface area contributed by atoms with Crippen molar-refractivity contribution < 1.29 is 24.5 Å². The normalized spacial score (nSPS) is 10.9. The average Bonchev–Trinajstić information content (AvgIpc) is 3.28. The van der Waals surface area contributed by atoms with E-state index >= 15 is 0 Å². The van der Waals surface area contributed by atoms with Crippen LogP contribution in [0.15, 0.2) is 77.3 Å². The standard InChI is InChI=1S/C30H29BrN2O5/c1-2-17-38-26-19-22(30(36)37)11-12-24(26)28-25(13-14-27(34)35)29(21-9-6-10-23(31)18-21)33(32-28)16-15-20-7-4-3-5-8-20/h3-12,18-19H,2,13-17H2,1H3,(H,34,35)(H,36,37). The first-order valence-corrected chi connectivity index (χ1v) is 13.3. The van der Waals surface area contributed by atoms with Crippen LogP contribution >= 0.6 is 15.9 Å². The molecule has 3 aromatic carbocycles. The molecule has 0 fully saturated rings. The molecule has 1 aromatic heterocycles. The molecular weight excluding hydrogens is 548 g/mol. The third-order valence-electron chi connectivity index (χ3n) is 6.14. The van der Waals surface area contributed by atoms with Crippen molar-refractivity contribution in [2.24, 2.45) is 0 Å². The van der Waals surface area contributed by atoms with E-state index < -0.39 is 11.9 Å². The van der Waals surface area contributed by atoms with E-state index in [-0.39, 0.29) is 18.4 Å². The largest absolute Gasteiger partial charge is 0.493 e. The Labute approximate surface area is 229 Å². The Kier molecular flexibility index (Phi) is 8.97. The summed E-state index contributed by atoms with van der Waals surface area (Å²) in [5.74, 6) is -1.54. The van der Waals surface area contributed by atoms with Crippen molar-refractivity contribution in [3.05, 3.63) is 94.0 Å². The number of hydrogen-bond donors (Lipinski definition) is 2. The molecule has 7 nitrogen and oxygen atoms in total. The van der Waals surface area contributed by atoms with Gasteiger partial charge in [0.1, 0.15) is 5.75 Å². The number of carbonyl (C=O) groups is 2. The SMILES string of the molecule is CCCOc1cc(C(=O)O)ccc1-c1nn(CCc2ccccc2)c(-c2cccc(Br)c2)c1CCC(=O)O. The number of carboxylic acids is 2. The second-order valence-corrected chi connectivity index (χ2v) is 9.82. The first-order valence-electron chi connectivity index (χ1n) is 12.5. The maximum atomic E-state index is 11.7. The number of ether oxygens (including phenoxy) is 1. The summed E-state index contributed by atoms with van der Waals surface area (Å²) in [4.78, 5) is 23.3. The van der Waals surface area contributed by atoms with Crippen molar-refractivity contribution in [2.75, 3.05) is 6.61 Å². The maximum Gasteiger partial charge on any atom is 0.335 e. The highest BCUT2D eigenvalue weighted by atomic mass is 79.9. The molecule has 0 saturated heterocycles. The van der Waals surface area contributed by atoms with Crippen LogP contribution in [0.1, 0.15) is 41.3 Å². The monoisotopic (exact) mass is 576 g/mol. The Bertz CT molecular complexity index is 1430. The Hall–Kier alpha value is -3.91. The van der Waals surface area contributed by atoms with E-state index in [1.165, 1.54) is 12.1 Å². The third-order valence-corrected chi connectivity index (χ3v) is 6.63. The van der Waals surface area contributed by atoms with Gasteiger partial charge in [-0.25, -0.2) is 4.79 Å². The Morgan fingerprint density at radius 1 is 0.974 bits per heavy atom. The molecule has 8 heteroatoms. The molecular formula is C30H29BrN2O5. The fraction of sp³-hybridized carbons (Fsp3) is 0.233. The molecule has 0 aliphatic carbocycles. The summed E-state index contributed by atoms with van der Waals surface area (Å²) in [6.45, 7) is 2.96. The number of carboxylic acid groups (broad SMARTS) is 2. The van der Waals surface area contributed by atoms with Gasteiger partial charge < -0.3 is 14.9 Å². The van der Waals surface area contributed by atoms with E-state index in [0.29, 0.717) is 30.2 Å². The minimum atomic E-state index is -1.05. The zero-order valence-corrected chi connectivity index (χ0v) is 22.6. The lowest BCUT2D eigenvalue weighted by molar-refractivity contribution is -0.136. The Balaban J connectivity index is 1.92. The molecule has 0 amide bonds. The second kappa shape index (κ2) is 12.6. The van der Waals surface area contributed by atoms with Gasteiger partial charge in [0, 0.05) is 34.1 Å². The summed E-state index contributed by atoms with van der Waals surface area (Å²) in [5, 5.41) is 24.1. The van der Waals surface area contributed by atoms with E-state index in [4.69, 9.17) is 9.84 Å². The van der Waals surface area contributed by atoms with Crippen molar-refractivity contribution in [3.63, 3.8) is 0 Å². The van der Waals surface area contributed by atoms with Crippen molar-refractivity contribution in [2.45, 2.75) is 39.2 Å². The third kappa shape index (κ3) is 6.50. The van der Waals surface area contributed by atoms with Crippen LogP contribution in [0, 0.1) is 0 Å². The van der Waals surface area contributed by atoms with Crippen LogP contribution in [0.2, 0.25) is 0 Å². The van der Waals surface area contributed by atoms with Crippen LogP contribution in [0.25, 0.3) is 22.5 Å². The minimum Gasteiger partial charge on any atom is -0.493 e. The van der Waals surface area contributed by atoms with E-state index in [1.807, 2.05) is 54.1 Å². The molecule has 0 aliphatic rings. The number of rotatable bonds is 12. The molecule has 38 heavy (non-hydrogen) atoms. The van der Waals surface area contributed by atoms with E-state index in [0.717, 1.165) is 39.7 Å². The van der Waals surface area contributed by atoms with Gasteiger partial charge in [0.25, 0.3) is 0 Å². The van der Waals surface area contributed by atoms with E-state index in [9.17, 15) is 19.8 Å². The molecule has 0 saturated carbocycles. The summed E-state index contributed by atoms with van der Waals surface area (Å²) in [6.07, 6.45) is 1.67. The number of aromatic carboxylic acids is 1. The van der Waals surface area contributed by atoms with Crippen LogP contribution < -0.4 is 4.74 Å². The van der Waals surface area contributed by atoms with Gasteiger partial charge in [-0.15, -0.1) is 0 Å². The van der Waals surface area contributed by atoms with Gasteiger partial charge in [-0.05, 0) is 55.2 Å². The highest BCUT2D eigenvalue weighted by Gasteiger charge is 2.24. The summed E-state index contributed by atoms with van der Waals surface area (Å²) in [7, 11) is 0. The first-order chi connectivity index (χ1) is 18.4. The van der Waals surface area contributed by atoms with Crippen LogP contribution in [0.3, 0.4) is 0 Å². The molecule has 4 aromatic rings. The summed E-state index contributed by atoms with van der Waals surface area (Å²) >= 11 is 3.56. The van der Waals surface area contributed by atoms with Gasteiger partial charge in [-0.2, -0.15) is 5.10 Å². The molecule has 2 N–H and O–H groups in total. The molecule has 196 valence electrons. The molecule has 0 unspecified atom stereocenters. The lowest BCUT2D eigenvalue weighted by atomic mass is 9.97. The zero-order chi connectivity index (χ0) is 27.1. The fourth-order valence-electron chi connectivity index (χ4n) is 4.37. The van der Waals surface area contributed by atoms with Gasteiger partial charge in [0.2, 0.25) is 0 Å². The quantitative estimate of drug-likeness (QED) is 0.194. The molecule has 0 bridgehead atoms. The number of aromatic nitrogens is 2. The van der Waals surface area contributed by atoms with Gasteiger partial charge in [-0.3, -0.25) is 9.48 Å². The van der Waals surface area contributed by atoms with Crippen LogP contribution in [-0.2, 0) is 24.2 Å². The fourth-order valence-corrected chi connectivity index (χ4v) is 4.77. The van der Waals surface area contributed by atoms with Crippen LogP contribution in [0.5, 0.6) is 5.75 Å². The van der Waals surface area contributed by atoms with E-state index in [2.05, 4.69) is 28.1 Å². The molecule has 1 heterocycles. The lowest BCUT2D eigenvalue weighted by Gasteiger charge is -2.12. The molecule has 0 aliphatic heterocycles. The zero-order valence-electron chi connectivity index (χ0n) is 21.1. The van der Waals surface area contributed by atoms with Gasteiger partial charge in [0.15, 0.2) is 0 Å². The van der Waals surface area contributed by atoms with Crippen LogP contribution in [0.4, 0.5) is 0 Å². The number of benzene rings is 3. The minimum absolute atomic E-state index is 0.0727. The highest BCUT2D eigenvalue weighted by molar-refractivity contribution is 9.10. The summed E-state index contributed by atoms with van der Waals surface area (Å²) in [5.41, 5.74) is 5.03. The molecule has 4 rings (SSSR count). The smallest absolute Gasteiger partial charge is 0.335 e. The molecule has 0 radical (unpaired) electrons. The van der Waals surface area contributed by atoms with Crippen molar-refractivity contribution >= 4 is 27.9 Å². The molecule has 0 spiro atoms. The lowest BCUT2D eigenvalue weighted by Crippen LogP contribution is -2.06. The Morgan fingerprint density at radius 3 is 2.45 bits per heavy atom. The highest BCUT2D eigenvalue weighted by Crippen LogP contribution is 2.39. The number of aliphatic carboxylic acids is 1. The summed E-state index contributed by atoms with van der Waals surface area (Å²) in [6, 6.07) is 22.7. The first kappa shape index (κ1) is 27.1. The van der Waals surface area contributed by atoms with Gasteiger partial charge >= 0.3 is 11.9 Å². The van der Waals surface area contributed by atoms with Crippen molar-refractivity contribution in [1.29, 1.82) is 0 Å². The second-order valence-electron chi connectivity index (χ2n) is 8.90. The maximum absolute atomic E-state index is 11.7. The average molecular weight is 577 g/mol. The number of aryl methyl sites for hydroxylation is 2. The molecule has 0 atom stereocenters. The van der Waals surface area contributed by atoms with E-state index in [1.54, 1.807) is 6.07 Å². The van der Waals surface area contributed by atoms with Crippen LogP contribution in [-0.4, -0.2) is 38.5 Å². The summed E-state index contributed by atoms with van der Waals surface area (Å²) < 4.78 is 8.80. The predicted molar refractivity (Wildman–Crippen MR) is 150 cm³/mol. The number of nitrogens with zero attached hydrogens (tertiary/aromatic N) is 2. The Morgan fingerprint density at radius 2 is 1.76 bits per heavy atom. The van der Waals surface area contributed by atoms with Crippen molar-refractivity contribution in [1.82, 2.24) is 9.78 Å². The predicted octanol–water partition coefficient (Wildman–Crippen LogP) is 6.73. The topological polar surface area (TPSA) is 102 Å². The van der Waals surface area contributed by atoms with Gasteiger partial charge in [-0.1, -0.05) is 65.3 Å². The number of hydrogen-bond acceptors (Lipinski definition) is 4.